The predicted molar refractivity (Wildman–Crippen MR) is 68.4 cm³/mol. The van der Waals surface area contributed by atoms with E-state index < -0.39 is 9.84 Å². The van der Waals surface area contributed by atoms with Crippen LogP contribution in [0, 0.1) is 0 Å². The molecular weight excluding hydrogens is 280 g/mol. The van der Waals surface area contributed by atoms with Crippen LogP contribution in [0.25, 0.3) is 10.2 Å². The van der Waals surface area contributed by atoms with Crippen molar-refractivity contribution in [1.82, 2.24) is 9.97 Å². The molecule has 3 rings (SSSR count). The first-order valence-electron chi connectivity index (χ1n) is 5.16. The molecule has 1 aliphatic rings. The summed E-state index contributed by atoms with van der Waals surface area (Å²) in [6.07, 6.45) is 0.593. The van der Waals surface area contributed by atoms with Crippen molar-refractivity contribution in [3.63, 3.8) is 0 Å². The summed E-state index contributed by atoms with van der Waals surface area (Å²) in [5.41, 5.74) is 0. The number of hydrogen-bond acceptors (Lipinski definition) is 5. The molecule has 7 heteroatoms. The first-order valence-corrected chi connectivity index (χ1v) is 8.24. The fourth-order valence-electron chi connectivity index (χ4n) is 2.02. The minimum atomic E-state index is -2.92. The van der Waals surface area contributed by atoms with Crippen molar-refractivity contribution in [2.75, 3.05) is 11.5 Å². The minimum absolute atomic E-state index is 0.107. The number of sulfone groups is 1. The van der Waals surface area contributed by atoms with E-state index in [0.717, 1.165) is 10.2 Å². The van der Waals surface area contributed by atoms with Gasteiger partial charge in [-0.05, 0) is 17.9 Å². The first kappa shape index (κ1) is 11.4. The van der Waals surface area contributed by atoms with Crippen LogP contribution >= 0.6 is 22.9 Å². The fourth-order valence-corrected chi connectivity index (χ4v) is 4.82. The van der Waals surface area contributed by atoms with E-state index in [9.17, 15) is 8.42 Å². The van der Waals surface area contributed by atoms with Crippen LogP contribution in [0.1, 0.15) is 18.2 Å². The molecule has 0 radical (unpaired) electrons. The third kappa shape index (κ3) is 2.05. The van der Waals surface area contributed by atoms with Gasteiger partial charge in [-0.15, -0.1) is 11.3 Å². The summed E-state index contributed by atoms with van der Waals surface area (Å²) in [6.45, 7) is 0. The zero-order chi connectivity index (χ0) is 12.0. The van der Waals surface area contributed by atoms with Crippen LogP contribution in [0.3, 0.4) is 0 Å². The van der Waals surface area contributed by atoms with Crippen LogP contribution in [0.4, 0.5) is 0 Å². The Hall–Kier alpha value is -0.720. The smallest absolute Gasteiger partial charge is 0.151 e. The molecule has 0 aliphatic carbocycles. The molecule has 1 atom stereocenters. The highest BCUT2D eigenvalue weighted by Gasteiger charge is 2.31. The second-order valence-electron chi connectivity index (χ2n) is 4.11. The highest BCUT2D eigenvalue weighted by atomic mass is 35.5. The van der Waals surface area contributed by atoms with Gasteiger partial charge in [0, 0.05) is 11.3 Å². The monoisotopic (exact) mass is 288 g/mol. The zero-order valence-electron chi connectivity index (χ0n) is 8.76. The van der Waals surface area contributed by atoms with Gasteiger partial charge in [-0.3, -0.25) is 0 Å². The summed E-state index contributed by atoms with van der Waals surface area (Å²) in [6, 6.07) is 1.87. The Balaban J connectivity index is 2.06. The van der Waals surface area contributed by atoms with Gasteiger partial charge in [0.15, 0.2) is 9.84 Å². The molecule has 2 aromatic heterocycles. The SMILES string of the molecule is O=S1(=O)CCC(c2nc(Cl)c3ccsc3n2)C1. The molecule has 1 unspecified atom stereocenters. The summed E-state index contributed by atoms with van der Waals surface area (Å²) in [5, 5.41) is 3.15. The molecule has 0 N–H and O–H groups in total. The maximum absolute atomic E-state index is 11.4. The molecule has 1 aliphatic heterocycles. The maximum Gasteiger partial charge on any atom is 0.151 e. The molecule has 0 bridgehead atoms. The quantitative estimate of drug-likeness (QED) is 0.755. The zero-order valence-corrected chi connectivity index (χ0v) is 11.1. The van der Waals surface area contributed by atoms with E-state index in [1.807, 2.05) is 11.4 Å². The number of rotatable bonds is 1. The number of nitrogens with zero attached hydrogens (tertiary/aromatic N) is 2. The lowest BCUT2D eigenvalue weighted by Crippen LogP contribution is -2.07. The Morgan fingerprint density at radius 2 is 2.24 bits per heavy atom. The second kappa shape index (κ2) is 3.90. The van der Waals surface area contributed by atoms with Crippen LogP contribution < -0.4 is 0 Å². The lowest BCUT2D eigenvalue weighted by molar-refractivity contribution is 0.601. The van der Waals surface area contributed by atoms with Gasteiger partial charge in [-0.25, -0.2) is 18.4 Å². The Labute approximate surface area is 108 Å². The van der Waals surface area contributed by atoms with Crippen molar-refractivity contribution in [2.24, 2.45) is 0 Å². The van der Waals surface area contributed by atoms with Crippen LogP contribution in [-0.4, -0.2) is 29.9 Å². The van der Waals surface area contributed by atoms with Crippen molar-refractivity contribution in [3.8, 4) is 0 Å². The van der Waals surface area contributed by atoms with E-state index in [1.54, 1.807) is 0 Å². The van der Waals surface area contributed by atoms with Gasteiger partial charge in [-0.2, -0.15) is 0 Å². The van der Waals surface area contributed by atoms with Crippen molar-refractivity contribution < 1.29 is 8.42 Å². The normalized spacial score (nSPS) is 23.2. The van der Waals surface area contributed by atoms with Crippen molar-refractivity contribution >= 4 is 43.0 Å². The molecule has 17 heavy (non-hydrogen) atoms. The first-order chi connectivity index (χ1) is 8.05. The van der Waals surface area contributed by atoms with Gasteiger partial charge in [0.05, 0.1) is 11.5 Å². The van der Waals surface area contributed by atoms with Gasteiger partial charge in [0.25, 0.3) is 0 Å². The number of fused-ring (bicyclic) bond motifs is 1. The van der Waals surface area contributed by atoms with Crippen LogP contribution in [0.15, 0.2) is 11.4 Å². The van der Waals surface area contributed by atoms with Gasteiger partial charge in [0.1, 0.15) is 15.8 Å². The van der Waals surface area contributed by atoms with E-state index >= 15 is 0 Å². The molecule has 2 aromatic rings. The van der Waals surface area contributed by atoms with Crippen LogP contribution in [-0.2, 0) is 9.84 Å². The van der Waals surface area contributed by atoms with Gasteiger partial charge in [-0.1, -0.05) is 11.6 Å². The predicted octanol–water partition coefficient (Wildman–Crippen LogP) is 2.25. The second-order valence-corrected chi connectivity index (χ2v) is 7.59. The van der Waals surface area contributed by atoms with Crippen molar-refractivity contribution in [1.29, 1.82) is 0 Å². The van der Waals surface area contributed by atoms with Gasteiger partial charge < -0.3 is 0 Å². The molecule has 0 aromatic carbocycles. The molecule has 3 heterocycles. The fraction of sp³-hybridized carbons (Fsp3) is 0.400. The van der Waals surface area contributed by atoms with E-state index in [0.29, 0.717) is 17.4 Å². The average molecular weight is 289 g/mol. The molecular formula is C10H9ClN2O2S2. The number of halogens is 1. The van der Waals surface area contributed by atoms with Crippen molar-refractivity contribution in [3.05, 3.63) is 22.4 Å². The minimum Gasteiger partial charge on any atom is -0.229 e. The summed E-state index contributed by atoms with van der Waals surface area (Å²) >= 11 is 7.55. The summed E-state index contributed by atoms with van der Waals surface area (Å²) in [4.78, 5) is 9.44. The molecule has 4 nitrogen and oxygen atoms in total. The molecule has 1 fully saturated rings. The van der Waals surface area contributed by atoms with E-state index in [2.05, 4.69) is 9.97 Å². The number of aromatic nitrogens is 2. The topological polar surface area (TPSA) is 59.9 Å². The Morgan fingerprint density at radius 1 is 1.41 bits per heavy atom. The molecule has 0 saturated carbocycles. The standard InChI is InChI=1S/C10H9ClN2O2S2/c11-8-7-1-3-16-10(7)13-9(12-8)6-2-4-17(14,15)5-6/h1,3,6H,2,4-5H2. The molecule has 0 amide bonds. The molecule has 0 spiro atoms. The highest BCUT2D eigenvalue weighted by molar-refractivity contribution is 7.91. The highest BCUT2D eigenvalue weighted by Crippen LogP contribution is 2.31. The Kier molecular flexibility index (Phi) is 2.61. The van der Waals surface area contributed by atoms with E-state index in [1.165, 1.54) is 11.3 Å². The van der Waals surface area contributed by atoms with E-state index in [-0.39, 0.29) is 17.4 Å². The Bertz CT molecular complexity index is 681. The lowest BCUT2D eigenvalue weighted by atomic mass is 10.1. The third-order valence-electron chi connectivity index (χ3n) is 2.89. The third-order valence-corrected chi connectivity index (χ3v) is 5.76. The van der Waals surface area contributed by atoms with Crippen LogP contribution in [0.2, 0.25) is 5.15 Å². The Morgan fingerprint density at radius 3 is 2.94 bits per heavy atom. The summed E-state index contributed by atoms with van der Waals surface area (Å²) in [5.74, 6) is 0.816. The van der Waals surface area contributed by atoms with Gasteiger partial charge in [0.2, 0.25) is 0 Å². The van der Waals surface area contributed by atoms with Crippen molar-refractivity contribution in [2.45, 2.75) is 12.3 Å². The largest absolute Gasteiger partial charge is 0.229 e. The number of thiophene rings is 1. The summed E-state index contributed by atoms with van der Waals surface area (Å²) < 4.78 is 22.9. The van der Waals surface area contributed by atoms with Crippen LogP contribution in [0.5, 0.6) is 0 Å². The molecule has 90 valence electrons. The number of hydrogen-bond donors (Lipinski definition) is 0. The summed E-state index contributed by atoms with van der Waals surface area (Å²) in [7, 11) is -2.92. The average Bonchev–Trinajstić information content (AvgIpc) is 2.84. The molecule has 1 saturated heterocycles. The van der Waals surface area contributed by atoms with E-state index in [4.69, 9.17) is 11.6 Å². The maximum atomic E-state index is 11.4. The van der Waals surface area contributed by atoms with Gasteiger partial charge >= 0.3 is 0 Å². The lowest BCUT2D eigenvalue weighted by Gasteiger charge is -2.06.